The van der Waals surface area contributed by atoms with Crippen LogP contribution in [0.15, 0.2) is 209 Å². The minimum Gasteiger partial charge on any atom is -0.455 e. The van der Waals surface area contributed by atoms with E-state index in [0.717, 1.165) is 94.3 Å². The largest absolute Gasteiger partial charge is 0.455 e. The third kappa shape index (κ3) is 5.27. The van der Waals surface area contributed by atoms with Crippen LogP contribution in [-0.2, 0) is 0 Å². The van der Waals surface area contributed by atoms with Gasteiger partial charge in [-0.25, -0.2) is 0 Å². The van der Waals surface area contributed by atoms with E-state index in [1.54, 1.807) is 0 Å². The van der Waals surface area contributed by atoms with Gasteiger partial charge in [-0.1, -0.05) is 140 Å². The maximum Gasteiger partial charge on any atom is 0.143 e. The molecule has 12 rings (SSSR count). The molecule has 0 saturated heterocycles. The van der Waals surface area contributed by atoms with Crippen LogP contribution in [0.4, 0.5) is 17.1 Å². The molecule has 0 saturated carbocycles. The molecule has 3 aromatic heterocycles. The van der Waals surface area contributed by atoms with Crippen molar-refractivity contribution in [1.82, 2.24) is 0 Å². The number of thiophene rings is 1. The van der Waals surface area contributed by atoms with Gasteiger partial charge in [0, 0.05) is 69.9 Å². The van der Waals surface area contributed by atoms with Crippen molar-refractivity contribution < 1.29 is 8.83 Å². The van der Waals surface area contributed by atoms with Crippen LogP contribution >= 0.6 is 11.3 Å². The summed E-state index contributed by atoms with van der Waals surface area (Å²) in [6.07, 6.45) is 0. The summed E-state index contributed by atoms with van der Waals surface area (Å²) in [7, 11) is 0. The van der Waals surface area contributed by atoms with Gasteiger partial charge in [-0.2, -0.15) is 0 Å². The zero-order valence-electron chi connectivity index (χ0n) is 31.2. The number of anilines is 3. The van der Waals surface area contributed by atoms with Gasteiger partial charge in [0.25, 0.3) is 0 Å². The number of fused-ring (bicyclic) bond motifs is 9. The molecule has 3 nitrogen and oxygen atoms in total. The average molecular weight is 760 g/mol. The van der Waals surface area contributed by atoms with Gasteiger partial charge in [-0.15, -0.1) is 11.3 Å². The molecule has 0 N–H and O–H groups in total. The monoisotopic (exact) mass is 759 g/mol. The van der Waals surface area contributed by atoms with E-state index in [1.807, 2.05) is 29.5 Å². The van der Waals surface area contributed by atoms with Gasteiger partial charge >= 0.3 is 0 Å². The maximum absolute atomic E-state index is 6.62. The van der Waals surface area contributed by atoms with Crippen LogP contribution in [0.5, 0.6) is 0 Å². The fourth-order valence-electron chi connectivity index (χ4n) is 8.73. The molecule has 0 aliphatic carbocycles. The lowest BCUT2D eigenvalue weighted by atomic mass is 9.96. The quantitative estimate of drug-likeness (QED) is 0.169. The summed E-state index contributed by atoms with van der Waals surface area (Å²) in [4.78, 5) is 2.39. The first-order valence-electron chi connectivity index (χ1n) is 19.6. The fourth-order valence-corrected chi connectivity index (χ4v) is 9.87. The SMILES string of the molecule is c1ccc(-c2cc(-c3cccc4c3oc3ccccc34)cc(N(c3ccc(-c4cccc5c4oc4ccccc45)cc3)c3ccc4c(c3)sc3ccccc34)c2)cc1. The molecule has 58 heavy (non-hydrogen) atoms. The van der Waals surface area contributed by atoms with Crippen LogP contribution in [0.1, 0.15) is 0 Å². The molecule has 0 fully saturated rings. The third-order valence-corrected chi connectivity index (χ3v) is 12.6. The molecule has 0 unspecified atom stereocenters. The van der Waals surface area contributed by atoms with Gasteiger partial charge in [0.05, 0.1) is 0 Å². The molecule has 0 bridgehead atoms. The number of hydrogen-bond donors (Lipinski definition) is 0. The summed E-state index contributed by atoms with van der Waals surface area (Å²) in [5.74, 6) is 0. The highest BCUT2D eigenvalue weighted by Gasteiger charge is 2.20. The molecule has 4 heteroatoms. The Balaban J connectivity index is 1.07. The third-order valence-electron chi connectivity index (χ3n) is 11.5. The zero-order valence-corrected chi connectivity index (χ0v) is 32.0. The van der Waals surface area contributed by atoms with Crippen molar-refractivity contribution in [3.05, 3.63) is 200 Å². The molecular formula is C54H33NO2S. The van der Waals surface area contributed by atoms with Gasteiger partial charge in [-0.05, 0) is 82.9 Å². The fraction of sp³-hybridized carbons (Fsp3) is 0. The van der Waals surface area contributed by atoms with E-state index in [2.05, 4.69) is 187 Å². The molecule has 0 radical (unpaired) electrons. The maximum atomic E-state index is 6.62. The Hall–Kier alpha value is -7.40. The van der Waals surface area contributed by atoms with Crippen LogP contribution in [0.2, 0.25) is 0 Å². The Kier molecular flexibility index (Phi) is 7.40. The van der Waals surface area contributed by atoms with Crippen molar-refractivity contribution in [2.45, 2.75) is 0 Å². The lowest BCUT2D eigenvalue weighted by Gasteiger charge is -2.27. The molecule has 0 aliphatic rings. The van der Waals surface area contributed by atoms with Crippen molar-refractivity contribution in [1.29, 1.82) is 0 Å². The van der Waals surface area contributed by atoms with E-state index < -0.39 is 0 Å². The Labute approximate surface area is 338 Å². The van der Waals surface area contributed by atoms with E-state index >= 15 is 0 Å². The van der Waals surface area contributed by atoms with Crippen LogP contribution in [0.3, 0.4) is 0 Å². The Morgan fingerprint density at radius 3 is 1.57 bits per heavy atom. The number of nitrogens with zero attached hydrogens (tertiary/aromatic N) is 1. The lowest BCUT2D eigenvalue weighted by Crippen LogP contribution is -2.10. The second-order valence-electron chi connectivity index (χ2n) is 14.9. The van der Waals surface area contributed by atoms with Crippen molar-refractivity contribution in [3.63, 3.8) is 0 Å². The minimum atomic E-state index is 0.890. The summed E-state index contributed by atoms with van der Waals surface area (Å²) >= 11 is 1.84. The Morgan fingerprint density at radius 2 is 0.862 bits per heavy atom. The lowest BCUT2D eigenvalue weighted by molar-refractivity contribution is 0.669. The molecular weight excluding hydrogens is 727 g/mol. The topological polar surface area (TPSA) is 29.5 Å². The first-order chi connectivity index (χ1) is 28.7. The second kappa shape index (κ2) is 13.1. The van der Waals surface area contributed by atoms with Crippen molar-refractivity contribution in [2.75, 3.05) is 4.90 Å². The van der Waals surface area contributed by atoms with Crippen molar-refractivity contribution >= 4 is 92.4 Å². The van der Waals surface area contributed by atoms with Crippen molar-refractivity contribution in [2.24, 2.45) is 0 Å². The highest BCUT2D eigenvalue weighted by molar-refractivity contribution is 7.25. The predicted octanol–water partition coefficient (Wildman–Crippen LogP) is 16.3. The van der Waals surface area contributed by atoms with Gasteiger partial charge in [0.15, 0.2) is 0 Å². The first kappa shape index (κ1) is 32.8. The predicted molar refractivity (Wildman–Crippen MR) is 245 cm³/mol. The van der Waals surface area contributed by atoms with E-state index in [0.29, 0.717) is 0 Å². The minimum absolute atomic E-state index is 0.890. The van der Waals surface area contributed by atoms with Gasteiger partial charge in [0.2, 0.25) is 0 Å². The smallest absolute Gasteiger partial charge is 0.143 e. The molecule has 272 valence electrons. The van der Waals surface area contributed by atoms with E-state index in [-0.39, 0.29) is 0 Å². The van der Waals surface area contributed by atoms with Crippen LogP contribution in [-0.4, -0.2) is 0 Å². The molecule has 3 heterocycles. The summed E-state index contributed by atoms with van der Waals surface area (Å²) in [6, 6.07) is 71.6. The summed E-state index contributed by atoms with van der Waals surface area (Å²) < 4.78 is 15.6. The molecule has 0 amide bonds. The number of rotatable bonds is 6. The molecule has 12 aromatic rings. The average Bonchev–Trinajstić information content (AvgIpc) is 3.98. The van der Waals surface area contributed by atoms with E-state index in [9.17, 15) is 0 Å². The summed E-state index contributed by atoms with van der Waals surface area (Å²) in [5, 5.41) is 7.05. The van der Waals surface area contributed by atoms with E-state index in [4.69, 9.17) is 8.83 Å². The Bertz CT molecular complexity index is 3520. The van der Waals surface area contributed by atoms with Gasteiger partial charge in [-0.3, -0.25) is 0 Å². The number of para-hydroxylation sites is 4. The standard InChI is InChI=1S/C54H33NO2S/c1-2-12-34(13-3-1)36-30-37(42-18-11-20-48-44-15-5-8-22-50(44)57-54(42)48)32-40(31-36)55(39-28-29-46-45-16-6-9-23-51(45)58-52(46)33-39)38-26-24-35(25-27-38)41-17-10-19-47-43-14-4-7-21-49(43)56-53(41)47/h1-33H. The number of benzene rings is 9. The van der Waals surface area contributed by atoms with Gasteiger partial charge in [0.1, 0.15) is 22.3 Å². The molecule has 0 spiro atoms. The number of furan rings is 2. The van der Waals surface area contributed by atoms with E-state index in [1.165, 1.54) is 20.2 Å². The Morgan fingerprint density at radius 1 is 0.310 bits per heavy atom. The normalized spacial score (nSPS) is 11.8. The first-order valence-corrected chi connectivity index (χ1v) is 20.4. The van der Waals surface area contributed by atoms with Crippen LogP contribution in [0.25, 0.3) is 97.4 Å². The second-order valence-corrected chi connectivity index (χ2v) is 15.9. The van der Waals surface area contributed by atoms with Crippen molar-refractivity contribution in [3.8, 4) is 33.4 Å². The number of hydrogen-bond acceptors (Lipinski definition) is 4. The summed E-state index contributed by atoms with van der Waals surface area (Å²) in [5.41, 5.74) is 13.4. The highest BCUT2D eigenvalue weighted by atomic mass is 32.1. The molecule has 0 aliphatic heterocycles. The highest BCUT2D eigenvalue weighted by Crippen LogP contribution is 2.45. The summed E-state index contributed by atoms with van der Waals surface area (Å²) in [6.45, 7) is 0. The van der Waals surface area contributed by atoms with Crippen LogP contribution < -0.4 is 4.90 Å². The zero-order chi connectivity index (χ0) is 38.2. The molecule has 9 aromatic carbocycles. The molecule has 0 atom stereocenters. The van der Waals surface area contributed by atoms with Gasteiger partial charge < -0.3 is 13.7 Å². The van der Waals surface area contributed by atoms with Crippen LogP contribution in [0, 0.1) is 0 Å².